The first-order valence-corrected chi connectivity index (χ1v) is 7.82. The Bertz CT molecular complexity index is 910. The van der Waals surface area contributed by atoms with Crippen LogP contribution in [-0.4, -0.2) is 9.67 Å². The quantitative estimate of drug-likeness (QED) is 0.826. The third-order valence-corrected chi connectivity index (χ3v) is 4.04. The summed E-state index contributed by atoms with van der Waals surface area (Å²) in [5.41, 5.74) is 1.29. The molecular weight excluding hydrogens is 328 g/mol. The van der Waals surface area contributed by atoms with Crippen LogP contribution in [0, 0.1) is 25.2 Å². The number of benzene rings is 1. The fourth-order valence-electron chi connectivity index (χ4n) is 2.24. The first-order chi connectivity index (χ1) is 11.4. The van der Waals surface area contributed by atoms with E-state index in [2.05, 4.69) is 10.2 Å². The molecule has 0 bridgehead atoms. The second-order valence-corrected chi connectivity index (χ2v) is 5.78. The number of hydrogen-bond acceptors (Lipinski definition) is 5. The van der Waals surface area contributed by atoms with E-state index >= 15 is 0 Å². The molecule has 0 spiro atoms. The van der Waals surface area contributed by atoms with Crippen molar-refractivity contribution in [1.29, 1.82) is 5.26 Å². The molecule has 6 nitrogen and oxygen atoms in total. The molecule has 24 heavy (non-hydrogen) atoms. The normalized spacial score (nSPS) is 11.0. The van der Waals surface area contributed by atoms with Gasteiger partial charge in [0.15, 0.2) is 5.69 Å². The van der Waals surface area contributed by atoms with Gasteiger partial charge in [0.2, 0.25) is 5.88 Å². The second-order valence-electron chi connectivity index (χ2n) is 5.37. The average molecular weight is 345 g/mol. The predicted molar refractivity (Wildman–Crippen MR) is 92.5 cm³/mol. The van der Waals surface area contributed by atoms with Gasteiger partial charge in [0.05, 0.1) is 5.69 Å². The summed E-state index contributed by atoms with van der Waals surface area (Å²) < 4.78 is 1.14. The zero-order valence-electron chi connectivity index (χ0n) is 13.7. The maximum atomic E-state index is 12.5. The van der Waals surface area contributed by atoms with Crippen LogP contribution < -0.4 is 5.56 Å². The third kappa shape index (κ3) is 3.31. The summed E-state index contributed by atoms with van der Waals surface area (Å²) in [6.07, 6.45) is 0.631. The molecule has 0 amide bonds. The number of nitrogens with zero attached hydrogens (tertiary/aromatic N) is 4. The molecule has 7 heteroatoms. The van der Waals surface area contributed by atoms with Gasteiger partial charge < -0.3 is 5.11 Å². The highest BCUT2D eigenvalue weighted by Crippen LogP contribution is 2.28. The third-order valence-electron chi connectivity index (χ3n) is 3.64. The van der Waals surface area contributed by atoms with Crippen molar-refractivity contribution in [2.45, 2.75) is 33.7 Å². The van der Waals surface area contributed by atoms with Gasteiger partial charge in [-0.1, -0.05) is 24.6 Å². The fraction of sp³-hybridized carbons (Fsp3) is 0.294. The van der Waals surface area contributed by atoms with Crippen LogP contribution in [0.2, 0.25) is 5.02 Å². The van der Waals surface area contributed by atoms with E-state index in [1.54, 1.807) is 25.1 Å². The maximum absolute atomic E-state index is 12.5. The van der Waals surface area contributed by atoms with Crippen LogP contribution in [0.3, 0.4) is 0 Å². The van der Waals surface area contributed by atoms with E-state index in [0.29, 0.717) is 29.2 Å². The number of aromatic nitrogens is 1. The molecule has 1 N–H and O–H groups in total. The molecule has 124 valence electrons. The molecule has 0 saturated carbocycles. The van der Waals surface area contributed by atoms with E-state index < -0.39 is 5.56 Å². The maximum Gasteiger partial charge on any atom is 0.281 e. The molecule has 0 unspecified atom stereocenters. The summed E-state index contributed by atoms with van der Waals surface area (Å²) >= 11 is 6.05. The summed E-state index contributed by atoms with van der Waals surface area (Å²) in [6.45, 7) is 5.59. The minimum absolute atomic E-state index is 0.0268. The van der Waals surface area contributed by atoms with E-state index in [1.807, 2.05) is 19.9 Å². The molecule has 0 aliphatic heterocycles. The number of hydrogen-bond donors (Lipinski definition) is 1. The number of nitriles is 1. The van der Waals surface area contributed by atoms with Gasteiger partial charge in [0, 0.05) is 17.1 Å². The van der Waals surface area contributed by atoms with Crippen molar-refractivity contribution >= 4 is 23.0 Å². The molecule has 0 fully saturated rings. The summed E-state index contributed by atoms with van der Waals surface area (Å²) in [4.78, 5) is 12.5. The van der Waals surface area contributed by atoms with Gasteiger partial charge in [0.1, 0.15) is 11.6 Å². The number of azo groups is 1. The smallest absolute Gasteiger partial charge is 0.281 e. The van der Waals surface area contributed by atoms with Gasteiger partial charge in [-0.3, -0.25) is 9.36 Å². The summed E-state index contributed by atoms with van der Waals surface area (Å²) in [5, 5.41) is 28.0. The Morgan fingerprint density at radius 1 is 1.33 bits per heavy atom. The lowest BCUT2D eigenvalue weighted by atomic mass is 10.1. The van der Waals surface area contributed by atoms with E-state index in [0.717, 1.165) is 10.1 Å². The van der Waals surface area contributed by atoms with Gasteiger partial charge in [-0.25, -0.2) is 0 Å². The van der Waals surface area contributed by atoms with Crippen LogP contribution >= 0.6 is 11.6 Å². The average Bonchev–Trinajstić information content (AvgIpc) is 2.55. The highest BCUT2D eigenvalue weighted by atomic mass is 35.5. The van der Waals surface area contributed by atoms with Crippen molar-refractivity contribution in [3.05, 3.63) is 50.3 Å². The Morgan fingerprint density at radius 3 is 2.62 bits per heavy atom. The van der Waals surface area contributed by atoms with Crippen molar-refractivity contribution in [2.24, 2.45) is 10.2 Å². The first-order valence-electron chi connectivity index (χ1n) is 7.45. The molecule has 0 atom stereocenters. The lowest BCUT2D eigenvalue weighted by Crippen LogP contribution is -2.21. The zero-order valence-corrected chi connectivity index (χ0v) is 14.4. The first kappa shape index (κ1) is 17.7. The standard InChI is InChI=1S/C17H17ClN4O2/c1-4-7-22-16(23)13(9-19)11(3)15(17(22)24)21-20-12-6-5-10(2)14(18)8-12/h5-6,8,23H,4,7H2,1-3H3. The highest BCUT2D eigenvalue weighted by Gasteiger charge is 2.18. The Balaban J connectivity index is 2.59. The van der Waals surface area contributed by atoms with Crippen molar-refractivity contribution < 1.29 is 5.11 Å². The van der Waals surface area contributed by atoms with Crippen molar-refractivity contribution in [3.8, 4) is 11.9 Å². The highest BCUT2D eigenvalue weighted by molar-refractivity contribution is 6.31. The summed E-state index contributed by atoms with van der Waals surface area (Å²) in [7, 11) is 0. The number of halogens is 1. The SMILES string of the molecule is CCCn1c(O)c(C#N)c(C)c(N=Nc2ccc(C)c(Cl)c2)c1=O. The molecule has 0 aliphatic carbocycles. The van der Waals surface area contributed by atoms with E-state index in [4.69, 9.17) is 11.6 Å². The van der Waals surface area contributed by atoms with Crippen LogP contribution in [-0.2, 0) is 6.54 Å². The van der Waals surface area contributed by atoms with Gasteiger partial charge >= 0.3 is 0 Å². The fourth-order valence-corrected chi connectivity index (χ4v) is 2.41. The molecule has 2 rings (SSSR count). The van der Waals surface area contributed by atoms with Crippen LogP contribution in [0.4, 0.5) is 11.4 Å². The lowest BCUT2D eigenvalue weighted by Gasteiger charge is -2.11. The molecule has 0 radical (unpaired) electrons. The van der Waals surface area contributed by atoms with E-state index in [1.165, 1.54) is 0 Å². The van der Waals surface area contributed by atoms with Crippen molar-refractivity contribution in [1.82, 2.24) is 4.57 Å². The molecule has 0 saturated heterocycles. The number of aryl methyl sites for hydroxylation is 1. The largest absolute Gasteiger partial charge is 0.493 e. The van der Waals surface area contributed by atoms with Gasteiger partial charge in [0.25, 0.3) is 5.56 Å². The topological polar surface area (TPSA) is 90.7 Å². The van der Waals surface area contributed by atoms with E-state index in [9.17, 15) is 15.2 Å². The van der Waals surface area contributed by atoms with Gasteiger partial charge in [-0.05, 0) is 38.0 Å². The number of aromatic hydroxyl groups is 1. The van der Waals surface area contributed by atoms with Crippen LogP contribution in [0.5, 0.6) is 5.88 Å². The Kier molecular flexibility index (Phi) is 5.37. The Labute approximate surface area is 144 Å². The zero-order chi connectivity index (χ0) is 17.9. The number of rotatable bonds is 4. The molecule has 1 aromatic carbocycles. The van der Waals surface area contributed by atoms with Gasteiger partial charge in [-0.15, -0.1) is 5.11 Å². The van der Waals surface area contributed by atoms with Gasteiger partial charge in [-0.2, -0.15) is 10.4 Å². The van der Waals surface area contributed by atoms with E-state index in [-0.39, 0.29) is 17.1 Å². The second kappa shape index (κ2) is 7.28. The van der Waals surface area contributed by atoms with Crippen LogP contribution in [0.15, 0.2) is 33.2 Å². The minimum Gasteiger partial charge on any atom is -0.493 e. The summed E-state index contributed by atoms with van der Waals surface area (Å²) in [5.74, 6) is -0.334. The number of pyridine rings is 1. The monoisotopic (exact) mass is 344 g/mol. The molecular formula is C17H17ClN4O2. The van der Waals surface area contributed by atoms with Crippen LogP contribution in [0.1, 0.15) is 30.0 Å². The minimum atomic E-state index is -0.479. The van der Waals surface area contributed by atoms with Crippen molar-refractivity contribution in [3.63, 3.8) is 0 Å². The molecule has 1 heterocycles. The van der Waals surface area contributed by atoms with Crippen LogP contribution in [0.25, 0.3) is 0 Å². The lowest BCUT2D eigenvalue weighted by molar-refractivity contribution is 0.402. The molecule has 2 aromatic rings. The Morgan fingerprint density at radius 2 is 2.04 bits per heavy atom. The van der Waals surface area contributed by atoms with Crippen molar-refractivity contribution in [2.75, 3.05) is 0 Å². The summed E-state index contributed by atoms with van der Waals surface area (Å²) in [6, 6.07) is 7.09. The molecule has 1 aromatic heterocycles. The predicted octanol–water partition coefficient (Wildman–Crippen LogP) is 4.52. The molecule has 0 aliphatic rings. The Hall–Kier alpha value is -2.65.